The molecule has 0 bridgehead atoms. The molecule has 0 aliphatic carbocycles. The van der Waals surface area contributed by atoms with Crippen molar-refractivity contribution >= 4 is 31.6 Å². The molecule has 0 saturated heterocycles. The van der Waals surface area contributed by atoms with Crippen molar-refractivity contribution < 1.29 is 16.8 Å². The number of benzene rings is 1. The van der Waals surface area contributed by atoms with Gasteiger partial charge in [0.2, 0.25) is 20.0 Å². The molecule has 0 aliphatic heterocycles. The summed E-state index contributed by atoms with van der Waals surface area (Å²) in [5.74, 6) is 0. The molecule has 6 nitrogen and oxygen atoms in total. The lowest BCUT2D eigenvalue weighted by Gasteiger charge is -2.07. The predicted molar refractivity (Wildman–Crippen MR) is 72.9 cm³/mol. The van der Waals surface area contributed by atoms with E-state index in [1.165, 1.54) is 31.3 Å². The maximum Gasteiger partial charge on any atom is 0.240 e. The zero-order chi connectivity index (χ0) is 14.7. The summed E-state index contributed by atoms with van der Waals surface area (Å²) in [5.41, 5.74) is 0. The van der Waals surface area contributed by atoms with E-state index in [4.69, 9.17) is 11.6 Å². The van der Waals surface area contributed by atoms with Gasteiger partial charge in [0.1, 0.15) is 0 Å². The second-order valence-corrected chi connectivity index (χ2v) is 7.71. The van der Waals surface area contributed by atoms with Crippen LogP contribution in [0.1, 0.15) is 0 Å². The van der Waals surface area contributed by atoms with Crippen LogP contribution in [0.3, 0.4) is 0 Å². The standard InChI is InChI=1S/C10H13ClN2O4S2/c1-8(11)7-13-19(16,17)10-5-3-9(4-6-10)18(14,15)12-2/h3-6,12-13H,1,7H2,2H3. The van der Waals surface area contributed by atoms with E-state index in [9.17, 15) is 16.8 Å². The highest BCUT2D eigenvalue weighted by Gasteiger charge is 2.16. The van der Waals surface area contributed by atoms with Gasteiger partial charge in [-0.1, -0.05) is 18.2 Å². The zero-order valence-electron chi connectivity index (χ0n) is 10.1. The third-order valence-corrected chi connectivity index (χ3v) is 5.15. The van der Waals surface area contributed by atoms with E-state index in [2.05, 4.69) is 16.0 Å². The fourth-order valence-corrected chi connectivity index (χ4v) is 3.07. The van der Waals surface area contributed by atoms with Gasteiger partial charge in [-0.25, -0.2) is 26.3 Å². The molecule has 0 atom stereocenters. The Bertz CT molecular complexity index is 666. The predicted octanol–water partition coefficient (Wildman–Crippen LogP) is 0.626. The smallest absolute Gasteiger partial charge is 0.214 e. The third-order valence-electron chi connectivity index (χ3n) is 2.17. The number of nitrogens with one attached hydrogen (secondary N) is 2. The topological polar surface area (TPSA) is 92.3 Å². The van der Waals surface area contributed by atoms with Gasteiger partial charge < -0.3 is 0 Å². The second-order valence-electron chi connectivity index (χ2n) is 3.52. The van der Waals surface area contributed by atoms with E-state index >= 15 is 0 Å². The molecule has 19 heavy (non-hydrogen) atoms. The lowest BCUT2D eigenvalue weighted by Crippen LogP contribution is -2.25. The van der Waals surface area contributed by atoms with E-state index in [1.54, 1.807) is 0 Å². The molecule has 0 aliphatic rings. The van der Waals surface area contributed by atoms with Gasteiger partial charge in [-0.3, -0.25) is 0 Å². The molecular weight excluding hydrogens is 312 g/mol. The minimum atomic E-state index is -3.73. The number of sulfonamides is 2. The zero-order valence-corrected chi connectivity index (χ0v) is 12.4. The van der Waals surface area contributed by atoms with Gasteiger partial charge in [-0.05, 0) is 31.3 Å². The molecule has 1 aromatic carbocycles. The van der Waals surface area contributed by atoms with Crippen LogP contribution in [-0.4, -0.2) is 30.4 Å². The van der Waals surface area contributed by atoms with Crippen LogP contribution in [0.5, 0.6) is 0 Å². The Morgan fingerprint density at radius 2 is 1.53 bits per heavy atom. The average molecular weight is 325 g/mol. The fourth-order valence-electron chi connectivity index (χ4n) is 1.17. The van der Waals surface area contributed by atoms with Crippen molar-refractivity contribution in [3.63, 3.8) is 0 Å². The van der Waals surface area contributed by atoms with E-state index in [1.807, 2.05) is 0 Å². The second kappa shape index (κ2) is 6.02. The van der Waals surface area contributed by atoms with Crippen molar-refractivity contribution in [3.8, 4) is 0 Å². The highest BCUT2D eigenvalue weighted by Crippen LogP contribution is 2.14. The van der Waals surface area contributed by atoms with Crippen LogP contribution in [0.4, 0.5) is 0 Å². The highest BCUT2D eigenvalue weighted by atomic mass is 35.5. The fraction of sp³-hybridized carbons (Fsp3) is 0.200. The summed E-state index contributed by atoms with van der Waals surface area (Å²) in [7, 11) is -6.05. The summed E-state index contributed by atoms with van der Waals surface area (Å²) in [6, 6.07) is 4.80. The van der Waals surface area contributed by atoms with Crippen LogP contribution in [0.25, 0.3) is 0 Å². The van der Waals surface area contributed by atoms with Crippen LogP contribution in [0.15, 0.2) is 45.7 Å². The molecule has 0 radical (unpaired) electrons. The Balaban J connectivity index is 3.03. The molecule has 9 heteroatoms. The Labute approximate surface area is 117 Å². The third kappa shape index (κ3) is 4.29. The Hall–Kier alpha value is -0.930. The van der Waals surface area contributed by atoms with Gasteiger partial charge in [0.25, 0.3) is 0 Å². The number of halogens is 1. The molecular formula is C10H13ClN2O4S2. The average Bonchev–Trinajstić information content (AvgIpc) is 2.37. The van der Waals surface area contributed by atoms with Crippen molar-refractivity contribution in [1.29, 1.82) is 0 Å². The van der Waals surface area contributed by atoms with Gasteiger partial charge >= 0.3 is 0 Å². The van der Waals surface area contributed by atoms with Gasteiger partial charge in [0, 0.05) is 11.6 Å². The monoisotopic (exact) mass is 324 g/mol. The first-order valence-corrected chi connectivity index (χ1v) is 8.40. The molecule has 1 rings (SSSR count). The van der Waals surface area contributed by atoms with Crippen molar-refractivity contribution in [2.45, 2.75) is 9.79 Å². The molecule has 0 amide bonds. The molecule has 1 aromatic rings. The summed E-state index contributed by atoms with van der Waals surface area (Å²) >= 11 is 5.47. The van der Waals surface area contributed by atoms with Crippen molar-refractivity contribution in [3.05, 3.63) is 35.9 Å². The molecule has 0 heterocycles. The maximum absolute atomic E-state index is 11.8. The van der Waals surface area contributed by atoms with Crippen LogP contribution in [0, 0.1) is 0 Å². The Kier molecular flexibility index (Phi) is 5.11. The molecule has 0 unspecified atom stereocenters. The summed E-state index contributed by atoms with van der Waals surface area (Å²) < 4.78 is 50.9. The molecule has 2 N–H and O–H groups in total. The Morgan fingerprint density at radius 1 is 1.11 bits per heavy atom. The Morgan fingerprint density at radius 3 is 1.89 bits per heavy atom. The van der Waals surface area contributed by atoms with Gasteiger partial charge in [0.05, 0.1) is 9.79 Å². The molecule has 0 fully saturated rings. The molecule has 0 spiro atoms. The van der Waals surface area contributed by atoms with E-state index < -0.39 is 20.0 Å². The maximum atomic E-state index is 11.8. The lowest BCUT2D eigenvalue weighted by atomic mass is 10.4. The first-order chi connectivity index (χ1) is 8.69. The largest absolute Gasteiger partial charge is 0.240 e. The number of hydrogen-bond acceptors (Lipinski definition) is 4. The van der Waals surface area contributed by atoms with Crippen LogP contribution < -0.4 is 9.44 Å². The molecule has 0 saturated carbocycles. The van der Waals surface area contributed by atoms with E-state index in [0.717, 1.165) is 0 Å². The van der Waals surface area contributed by atoms with Crippen molar-refractivity contribution in [1.82, 2.24) is 9.44 Å². The molecule has 0 aromatic heterocycles. The van der Waals surface area contributed by atoms with E-state index in [0.29, 0.717) is 0 Å². The van der Waals surface area contributed by atoms with Gasteiger partial charge in [0.15, 0.2) is 0 Å². The van der Waals surface area contributed by atoms with Crippen LogP contribution >= 0.6 is 11.6 Å². The van der Waals surface area contributed by atoms with Crippen molar-refractivity contribution in [2.24, 2.45) is 0 Å². The summed E-state index contributed by atoms with van der Waals surface area (Å²) in [5, 5.41) is 0.151. The summed E-state index contributed by atoms with van der Waals surface area (Å²) in [6.07, 6.45) is 0. The highest BCUT2D eigenvalue weighted by molar-refractivity contribution is 7.90. The summed E-state index contributed by atoms with van der Waals surface area (Å²) in [6.45, 7) is 3.26. The quantitative estimate of drug-likeness (QED) is 0.802. The lowest BCUT2D eigenvalue weighted by molar-refractivity contribution is 0.582. The van der Waals surface area contributed by atoms with E-state index in [-0.39, 0.29) is 21.4 Å². The van der Waals surface area contributed by atoms with Crippen molar-refractivity contribution in [2.75, 3.05) is 13.6 Å². The summed E-state index contributed by atoms with van der Waals surface area (Å²) in [4.78, 5) is -0.0730. The first kappa shape index (κ1) is 16.1. The first-order valence-electron chi connectivity index (χ1n) is 5.05. The molecule has 106 valence electrons. The van der Waals surface area contributed by atoms with Crippen LogP contribution in [0.2, 0.25) is 0 Å². The normalized spacial score (nSPS) is 12.3. The van der Waals surface area contributed by atoms with Crippen LogP contribution in [-0.2, 0) is 20.0 Å². The number of rotatable bonds is 6. The minimum Gasteiger partial charge on any atom is -0.214 e. The van der Waals surface area contributed by atoms with Gasteiger partial charge in [-0.2, -0.15) is 0 Å². The SMILES string of the molecule is C=C(Cl)CNS(=O)(=O)c1ccc(S(=O)(=O)NC)cc1. The minimum absolute atomic E-state index is 0.0179. The van der Waals surface area contributed by atoms with Gasteiger partial charge in [-0.15, -0.1) is 0 Å². The number of hydrogen-bond donors (Lipinski definition) is 2.